The summed E-state index contributed by atoms with van der Waals surface area (Å²) in [6, 6.07) is 9.47. The summed E-state index contributed by atoms with van der Waals surface area (Å²) in [5, 5.41) is 0.777. The molecule has 2 aromatic rings. The fourth-order valence-electron chi connectivity index (χ4n) is 2.67. The first kappa shape index (κ1) is 18.3. The van der Waals surface area contributed by atoms with Crippen LogP contribution in [0.1, 0.15) is 11.1 Å². The molecule has 0 spiro atoms. The van der Waals surface area contributed by atoms with E-state index in [-0.39, 0.29) is 5.91 Å². The molecule has 136 valence electrons. The third-order valence-corrected chi connectivity index (χ3v) is 5.08. The number of carbonyl (C=O) groups is 1. The molecule has 1 aromatic heterocycles. The van der Waals surface area contributed by atoms with Crippen molar-refractivity contribution >= 4 is 22.8 Å². The Bertz CT molecular complexity index is 796. The SMILES string of the molecule is COc1ccc(CC(=O)N2CCN=C2SCc2cccnc2)cc1OC. The molecular weight excluding hydrogens is 350 g/mol. The van der Waals surface area contributed by atoms with Crippen molar-refractivity contribution in [2.75, 3.05) is 27.3 Å². The van der Waals surface area contributed by atoms with Crippen molar-refractivity contribution < 1.29 is 14.3 Å². The maximum atomic E-state index is 12.7. The second-order valence-electron chi connectivity index (χ2n) is 5.73. The van der Waals surface area contributed by atoms with Gasteiger partial charge in [0.2, 0.25) is 5.91 Å². The van der Waals surface area contributed by atoms with E-state index in [2.05, 4.69) is 9.98 Å². The molecule has 0 bridgehead atoms. The Hall–Kier alpha value is -2.54. The highest BCUT2D eigenvalue weighted by Gasteiger charge is 2.24. The Morgan fingerprint density at radius 2 is 2.04 bits per heavy atom. The topological polar surface area (TPSA) is 64.0 Å². The van der Waals surface area contributed by atoms with Gasteiger partial charge < -0.3 is 9.47 Å². The largest absolute Gasteiger partial charge is 0.493 e. The number of rotatable bonds is 6. The molecule has 1 aromatic carbocycles. The maximum Gasteiger partial charge on any atom is 0.233 e. The number of benzene rings is 1. The zero-order chi connectivity index (χ0) is 18.4. The average molecular weight is 371 g/mol. The van der Waals surface area contributed by atoms with Gasteiger partial charge in [0.15, 0.2) is 16.7 Å². The molecule has 3 rings (SSSR count). The molecule has 0 saturated heterocycles. The number of carbonyl (C=O) groups excluding carboxylic acids is 1. The van der Waals surface area contributed by atoms with E-state index in [4.69, 9.17) is 9.47 Å². The number of aromatic nitrogens is 1. The molecule has 0 saturated carbocycles. The minimum absolute atomic E-state index is 0.0344. The first-order valence-corrected chi connectivity index (χ1v) is 9.27. The Balaban J connectivity index is 1.63. The highest BCUT2D eigenvalue weighted by atomic mass is 32.2. The Kier molecular flexibility index (Phi) is 6.12. The van der Waals surface area contributed by atoms with Gasteiger partial charge in [-0.25, -0.2) is 0 Å². The molecule has 0 N–H and O–H groups in total. The van der Waals surface area contributed by atoms with E-state index in [9.17, 15) is 4.79 Å². The summed E-state index contributed by atoms with van der Waals surface area (Å²) in [6.07, 6.45) is 3.88. The number of ether oxygens (including phenoxy) is 2. The Morgan fingerprint density at radius 3 is 2.77 bits per heavy atom. The van der Waals surface area contributed by atoms with Crippen molar-refractivity contribution in [3.05, 3.63) is 53.9 Å². The van der Waals surface area contributed by atoms with Crippen LogP contribution in [-0.2, 0) is 17.0 Å². The molecule has 1 aliphatic rings. The van der Waals surface area contributed by atoms with Gasteiger partial charge in [-0.3, -0.25) is 19.7 Å². The molecule has 0 atom stereocenters. The van der Waals surface area contributed by atoms with Crippen LogP contribution in [0.25, 0.3) is 0 Å². The van der Waals surface area contributed by atoms with Crippen LogP contribution in [-0.4, -0.2) is 48.3 Å². The normalized spacial score (nSPS) is 13.5. The highest BCUT2D eigenvalue weighted by molar-refractivity contribution is 8.13. The van der Waals surface area contributed by atoms with Gasteiger partial charge in [0.1, 0.15) is 0 Å². The number of thioether (sulfide) groups is 1. The van der Waals surface area contributed by atoms with Crippen LogP contribution in [0.2, 0.25) is 0 Å². The van der Waals surface area contributed by atoms with Crippen LogP contribution >= 0.6 is 11.8 Å². The summed E-state index contributed by atoms with van der Waals surface area (Å²) in [7, 11) is 3.18. The number of methoxy groups -OCH3 is 2. The van der Waals surface area contributed by atoms with Crippen molar-refractivity contribution in [1.82, 2.24) is 9.88 Å². The van der Waals surface area contributed by atoms with E-state index in [0.29, 0.717) is 31.0 Å². The van der Waals surface area contributed by atoms with Gasteiger partial charge in [-0.1, -0.05) is 23.9 Å². The second-order valence-corrected chi connectivity index (χ2v) is 6.67. The second kappa shape index (κ2) is 8.71. The van der Waals surface area contributed by atoms with E-state index in [1.807, 2.05) is 36.5 Å². The lowest BCUT2D eigenvalue weighted by atomic mass is 10.1. The molecular formula is C19H21N3O3S. The molecule has 1 aliphatic heterocycles. The number of hydrogen-bond donors (Lipinski definition) is 0. The number of aliphatic imine (C=N–C) groups is 1. The quantitative estimate of drug-likeness (QED) is 0.781. The van der Waals surface area contributed by atoms with Crippen molar-refractivity contribution in [2.24, 2.45) is 4.99 Å². The third kappa shape index (κ3) is 4.35. The number of amidine groups is 1. The minimum atomic E-state index is 0.0344. The average Bonchev–Trinajstić information content (AvgIpc) is 3.16. The van der Waals surface area contributed by atoms with Gasteiger partial charge in [-0.15, -0.1) is 0 Å². The number of nitrogens with zero attached hydrogens (tertiary/aromatic N) is 3. The van der Waals surface area contributed by atoms with E-state index < -0.39 is 0 Å². The van der Waals surface area contributed by atoms with Crippen molar-refractivity contribution in [3.63, 3.8) is 0 Å². The lowest BCUT2D eigenvalue weighted by Gasteiger charge is -2.18. The summed E-state index contributed by atoms with van der Waals surface area (Å²) in [4.78, 5) is 23.1. The van der Waals surface area contributed by atoms with Gasteiger partial charge in [0.05, 0.1) is 27.2 Å². The van der Waals surface area contributed by atoms with Crippen LogP contribution < -0.4 is 9.47 Å². The molecule has 26 heavy (non-hydrogen) atoms. The lowest BCUT2D eigenvalue weighted by Crippen LogP contribution is -2.34. The van der Waals surface area contributed by atoms with Gasteiger partial charge >= 0.3 is 0 Å². The number of amides is 1. The lowest BCUT2D eigenvalue weighted by molar-refractivity contribution is -0.126. The molecule has 0 aliphatic carbocycles. The molecule has 0 radical (unpaired) electrons. The zero-order valence-corrected chi connectivity index (χ0v) is 15.7. The highest BCUT2D eigenvalue weighted by Crippen LogP contribution is 2.28. The monoisotopic (exact) mass is 371 g/mol. The summed E-state index contributed by atoms with van der Waals surface area (Å²) < 4.78 is 10.5. The third-order valence-electron chi connectivity index (χ3n) is 4.00. The maximum absolute atomic E-state index is 12.7. The number of pyridine rings is 1. The van der Waals surface area contributed by atoms with Gasteiger partial charge in [0, 0.05) is 24.7 Å². The van der Waals surface area contributed by atoms with Crippen molar-refractivity contribution in [1.29, 1.82) is 0 Å². The first-order chi connectivity index (χ1) is 12.7. The Morgan fingerprint density at radius 1 is 1.19 bits per heavy atom. The first-order valence-electron chi connectivity index (χ1n) is 8.28. The van der Waals surface area contributed by atoms with Crippen LogP contribution in [0.15, 0.2) is 47.7 Å². The molecule has 0 unspecified atom stereocenters. The van der Waals surface area contributed by atoms with E-state index in [0.717, 1.165) is 22.0 Å². The van der Waals surface area contributed by atoms with E-state index in [1.165, 1.54) is 0 Å². The van der Waals surface area contributed by atoms with Gasteiger partial charge in [-0.2, -0.15) is 0 Å². The summed E-state index contributed by atoms with van der Waals surface area (Å²) >= 11 is 1.57. The van der Waals surface area contributed by atoms with E-state index in [1.54, 1.807) is 37.1 Å². The smallest absolute Gasteiger partial charge is 0.233 e. The molecule has 6 nitrogen and oxygen atoms in total. The molecule has 1 amide bonds. The van der Waals surface area contributed by atoms with Crippen LogP contribution in [0.5, 0.6) is 11.5 Å². The predicted molar refractivity (Wildman–Crippen MR) is 103 cm³/mol. The summed E-state index contributed by atoms with van der Waals surface area (Å²) in [6.45, 7) is 1.27. The zero-order valence-electron chi connectivity index (χ0n) is 14.8. The van der Waals surface area contributed by atoms with Gasteiger partial charge in [-0.05, 0) is 29.3 Å². The minimum Gasteiger partial charge on any atom is -0.493 e. The molecule has 0 fully saturated rings. The predicted octanol–water partition coefficient (Wildman–Crippen LogP) is 2.77. The molecule has 7 heteroatoms. The van der Waals surface area contributed by atoms with Gasteiger partial charge in [0.25, 0.3) is 0 Å². The van der Waals surface area contributed by atoms with Crippen LogP contribution in [0.4, 0.5) is 0 Å². The van der Waals surface area contributed by atoms with Crippen LogP contribution in [0, 0.1) is 0 Å². The standard InChI is InChI=1S/C19H21N3O3S/c1-24-16-6-5-14(10-17(16)25-2)11-18(23)22-9-8-21-19(22)26-13-15-4-3-7-20-12-15/h3-7,10,12H,8-9,11,13H2,1-2H3. The Labute approximate surface area is 157 Å². The number of hydrogen-bond acceptors (Lipinski definition) is 6. The van der Waals surface area contributed by atoms with E-state index >= 15 is 0 Å². The summed E-state index contributed by atoms with van der Waals surface area (Å²) in [5.74, 6) is 2.05. The van der Waals surface area contributed by atoms with Crippen LogP contribution in [0.3, 0.4) is 0 Å². The fourth-order valence-corrected chi connectivity index (χ4v) is 3.67. The fraction of sp³-hybridized carbons (Fsp3) is 0.316. The summed E-state index contributed by atoms with van der Waals surface area (Å²) in [5.41, 5.74) is 2.00. The van der Waals surface area contributed by atoms with Crippen molar-refractivity contribution in [3.8, 4) is 11.5 Å². The molecule has 2 heterocycles. The van der Waals surface area contributed by atoms with Crippen molar-refractivity contribution in [2.45, 2.75) is 12.2 Å².